The molecular weight excluding hydrogens is 262 g/mol. The van der Waals surface area contributed by atoms with Crippen LogP contribution in [0.4, 0.5) is 5.69 Å². The number of aromatic nitrogens is 4. The molecule has 0 amide bonds. The number of halogens is 1. The Bertz CT molecular complexity index is 728. The quantitative estimate of drug-likeness (QED) is 0.799. The molecule has 2 aromatic heterocycles. The molecule has 0 saturated carbocycles. The number of aryl methyl sites for hydroxylation is 1. The van der Waals surface area contributed by atoms with E-state index < -0.39 is 0 Å². The molecule has 3 rings (SSSR count). The van der Waals surface area contributed by atoms with Gasteiger partial charge in [-0.15, -0.1) is 0 Å². The van der Waals surface area contributed by atoms with Crippen LogP contribution in [0.2, 0.25) is 5.15 Å². The predicted molar refractivity (Wildman–Crippen MR) is 76.3 cm³/mol. The zero-order valence-electron chi connectivity index (χ0n) is 10.8. The van der Waals surface area contributed by atoms with Crippen LogP contribution in [0.25, 0.3) is 10.9 Å². The highest BCUT2D eigenvalue weighted by Crippen LogP contribution is 2.19. The van der Waals surface area contributed by atoms with E-state index in [-0.39, 0.29) is 0 Å². The molecule has 0 aliphatic heterocycles. The molecule has 0 unspecified atom stereocenters. The summed E-state index contributed by atoms with van der Waals surface area (Å²) in [4.78, 5) is 4.25. The lowest BCUT2D eigenvalue weighted by Gasteiger charge is -2.07. The second kappa shape index (κ2) is 4.59. The van der Waals surface area contributed by atoms with Crippen LogP contribution in [0.5, 0.6) is 0 Å². The van der Waals surface area contributed by atoms with Crippen molar-refractivity contribution in [3.8, 4) is 0 Å². The Balaban J connectivity index is 1.80. The van der Waals surface area contributed by atoms with E-state index in [4.69, 9.17) is 11.6 Å². The standard InChI is InChI=1S/C13H14ClN5/c1-18-12(14)7-16-13(18)8-15-10-3-4-11-9(5-10)6-17-19(11)2/h3-7,15H,8H2,1-2H3. The van der Waals surface area contributed by atoms with Crippen LogP contribution in [0.3, 0.4) is 0 Å². The fraction of sp³-hybridized carbons (Fsp3) is 0.231. The minimum atomic E-state index is 0.634. The van der Waals surface area contributed by atoms with E-state index >= 15 is 0 Å². The number of nitrogens with one attached hydrogen (secondary N) is 1. The molecule has 19 heavy (non-hydrogen) atoms. The number of nitrogens with zero attached hydrogens (tertiary/aromatic N) is 4. The second-order valence-electron chi connectivity index (χ2n) is 4.45. The highest BCUT2D eigenvalue weighted by molar-refractivity contribution is 6.29. The van der Waals surface area contributed by atoms with Crippen LogP contribution in [-0.4, -0.2) is 19.3 Å². The van der Waals surface area contributed by atoms with Gasteiger partial charge in [0.2, 0.25) is 0 Å². The maximum Gasteiger partial charge on any atom is 0.128 e. The number of fused-ring (bicyclic) bond motifs is 1. The third kappa shape index (κ3) is 2.17. The fourth-order valence-electron chi connectivity index (χ4n) is 2.04. The molecule has 0 radical (unpaired) electrons. The van der Waals surface area contributed by atoms with E-state index in [9.17, 15) is 0 Å². The van der Waals surface area contributed by atoms with Gasteiger partial charge in [0.1, 0.15) is 11.0 Å². The summed E-state index contributed by atoms with van der Waals surface area (Å²) in [5.74, 6) is 0.899. The number of imidazole rings is 1. The first-order valence-electron chi connectivity index (χ1n) is 5.97. The van der Waals surface area contributed by atoms with Crippen molar-refractivity contribution in [3.63, 3.8) is 0 Å². The minimum absolute atomic E-state index is 0.634. The molecule has 0 bridgehead atoms. The molecular formula is C13H14ClN5. The van der Waals surface area contributed by atoms with Crippen molar-refractivity contribution >= 4 is 28.2 Å². The summed E-state index contributed by atoms with van der Waals surface area (Å²) in [7, 11) is 3.84. The van der Waals surface area contributed by atoms with Gasteiger partial charge in [-0.05, 0) is 18.2 Å². The maximum atomic E-state index is 5.95. The Kier molecular flexibility index (Phi) is 2.91. The first-order chi connectivity index (χ1) is 9.15. The van der Waals surface area contributed by atoms with Crippen molar-refractivity contribution in [2.24, 2.45) is 14.1 Å². The van der Waals surface area contributed by atoms with Crippen LogP contribution in [0.1, 0.15) is 5.82 Å². The molecule has 3 aromatic rings. The lowest BCUT2D eigenvalue weighted by atomic mass is 10.2. The number of rotatable bonds is 3. The lowest BCUT2D eigenvalue weighted by Crippen LogP contribution is -2.05. The van der Waals surface area contributed by atoms with Crippen LogP contribution < -0.4 is 5.32 Å². The van der Waals surface area contributed by atoms with Gasteiger partial charge in [-0.2, -0.15) is 5.10 Å². The highest BCUT2D eigenvalue weighted by Gasteiger charge is 2.05. The van der Waals surface area contributed by atoms with Crippen LogP contribution >= 0.6 is 11.6 Å². The third-order valence-electron chi connectivity index (χ3n) is 3.22. The van der Waals surface area contributed by atoms with Gasteiger partial charge in [0, 0.05) is 25.2 Å². The van der Waals surface area contributed by atoms with Gasteiger partial charge in [-0.1, -0.05) is 11.6 Å². The number of anilines is 1. The van der Waals surface area contributed by atoms with Gasteiger partial charge < -0.3 is 9.88 Å². The smallest absolute Gasteiger partial charge is 0.128 e. The Hall–Kier alpha value is -2.01. The number of hydrogen-bond donors (Lipinski definition) is 1. The second-order valence-corrected chi connectivity index (χ2v) is 4.84. The Morgan fingerprint density at radius 3 is 2.84 bits per heavy atom. The Morgan fingerprint density at radius 1 is 1.26 bits per heavy atom. The molecule has 0 aliphatic rings. The summed E-state index contributed by atoms with van der Waals surface area (Å²) in [6.45, 7) is 0.634. The topological polar surface area (TPSA) is 47.7 Å². The van der Waals surface area contributed by atoms with Gasteiger partial charge in [-0.3, -0.25) is 4.68 Å². The number of benzene rings is 1. The first-order valence-corrected chi connectivity index (χ1v) is 6.34. The maximum absolute atomic E-state index is 5.95. The van der Waals surface area contributed by atoms with E-state index in [1.54, 1.807) is 6.20 Å². The van der Waals surface area contributed by atoms with E-state index in [1.165, 1.54) is 0 Å². The van der Waals surface area contributed by atoms with Crippen molar-refractivity contribution in [2.45, 2.75) is 6.54 Å². The average molecular weight is 276 g/mol. The molecule has 1 aromatic carbocycles. The van der Waals surface area contributed by atoms with Crippen molar-refractivity contribution in [3.05, 3.63) is 41.6 Å². The molecule has 2 heterocycles. The highest BCUT2D eigenvalue weighted by atomic mass is 35.5. The monoisotopic (exact) mass is 275 g/mol. The summed E-state index contributed by atoms with van der Waals surface area (Å²) < 4.78 is 3.72. The van der Waals surface area contributed by atoms with E-state index in [2.05, 4.69) is 27.5 Å². The molecule has 98 valence electrons. The van der Waals surface area contributed by atoms with Crippen molar-refractivity contribution in [1.82, 2.24) is 19.3 Å². The average Bonchev–Trinajstić information content (AvgIpc) is 2.93. The van der Waals surface area contributed by atoms with E-state index in [0.717, 1.165) is 22.4 Å². The Morgan fingerprint density at radius 2 is 2.11 bits per heavy atom. The molecule has 5 nitrogen and oxygen atoms in total. The summed E-state index contributed by atoms with van der Waals surface area (Å²) in [5, 5.41) is 9.32. The first kappa shape index (κ1) is 12.0. The Labute approximate surface area is 115 Å². The molecule has 1 N–H and O–H groups in total. The molecule has 0 saturated heterocycles. The fourth-order valence-corrected chi connectivity index (χ4v) is 2.19. The van der Waals surface area contributed by atoms with E-state index in [0.29, 0.717) is 11.7 Å². The SMILES string of the molecule is Cn1c(Cl)cnc1CNc1ccc2c(cnn2C)c1. The van der Waals surface area contributed by atoms with Crippen molar-refractivity contribution in [2.75, 3.05) is 5.32 Å². The summed E-state index contributed by atoms with van der Waals surface area (Å²) in [6.07, 6.45) is 3.51. The summed E-state index contributed by atoms with van der Waals surface area (Å²) in [6, 6.07) is 6.16. The largest absolute Gasteiger partial charge is 0.378 e. The molecule has 0 spiro atoms. The normalized spacial score (nSPS) is 11.1. The van der Waals surface area contributed by atoms with Crippen molar-refractivity contribution in [1.29, 1.82) is 0 Å². The summed E-state index contributed by atoms with van der Waals surface area (Å²) in [5.41, 5.74) is 2.16. The van der Waals surface area contributed by atoms with Crippen LogP contribution in [0, 0.1) is 0 Å². The van der Waals surface area contributed by atoms with Crippen LogP contribution in [0.15, 0.2) is 30.6 Å². The van der Waals surface area contributed by atoms with E-state index in [1.807, 2.05) is 35.6 Å². The lowest BCUT2D eigenvalue weighted by molar-refractivity contribution is 0.797. The molecule has 0 aliphatic carbocycles. The third-order valence-corrected chi connectivity index (χ3v) is 3.58. The predicted octanol–water partition coefficient (Wildman–Crippen LogP) is 2.57. The van der Waals surface area contributed by atoms with Crippen LogP contribution in [-0.2, 0) is 20.6 Å². The zero-order valence-corrected chi connectivity index (χ0v) is 11.5. The van der Waals surface area contributed by atoms with Gasteiger partial charge >= 0.3 is 0 Å². The van der Waals surface area contributed by atoms with Gasteiger partial charge in [0.15, 0.2) is 0 Å². The minimum Gasteiger partial charge on any atom is -0.378 e. The molecule has 0 fully saturated rings. The van der Waals surface area contributed by atoms with Gasteiger partial charge in [0.25, 0.3) is 0 Å². The van der Waals surface area contributed by atoms with Gasteiger partial charge in [-0.25, -0.2) is 4.98 Å². The number of hydrogen-bond acceptors (Lipinski definition) is 3. The summed E-state index contributed by atoms with van der Waals surface area (Å²) >= 11 is 5.95. The zero-order chi connectivity index (χ0) is 13.4. The van der Waals surface area contributed by atoms with Gasteiger partial charge in [0.05, 0.1) is 24.5 Å². The molecule has 0 atom stereocenters. The molecule has 6 heteroatoms. The van der Waals surface area contributed by atoms with Crippen molar-refractivity contribution < 1.29 is 0 Å².